The van der Waals surface area contributed by atoms with Crippen LogP contribution >= 0.6 is 38.4 Å². The van der Waals surface area contributed by atoms with Gasteiger partial charge in [0.25, 0.3) is 0 Å². The van der Waals surface area contributed by atoms with Gasteiger partial charge in [-0.05, 0) is 10.4 Å². The second-order valence-electron chi connectivity index (χ2n) is 24.3. The van der Waals surface area contributed by atoms with Gasteiger partial charge in [0.2, 0.25) is 35.4 Å². The van der Waals surface area contributed by atoms with Gasteiger partial charge in [-0.1, -0.05) is 99.0 Å². The van der Waals surface area contributed by atoms with Gasteiger partial charge in [-0.3, -0.25) is 43.4 Å². The Morgan fingerprint density at radius 3 is 1.37 bits per heavy atom. The molecule has 0 atom stereocenters. The van der Waals surface area contributed by atoms with Crippen LogP contribution < -0.4 is 40.6 Å². The van der Waals surface area contributed by atoms with Crippen LogP contribution in [0.25, 0.3) is 0 Å². The molecule has 33 heteroatoms. The number of rotatable bonds is 50. The molecule has 6 amide bonds. The Morgan fingerprint density at radius 1 is 0.471 bits per heavy atom. The van der Waals surface area contributed by atoms with E-state index in [0.717, 1.165) is 5.69 Å². The molecule has 87 heavy (non-hydrogen) atoms. The number of hydrogen-bond acceptors (Lipinski definition) is 24. The minimum atomic E-state index is -0.368. The van der Waals surface area contributed by atoms with Gasteiger partial charge in [-0.15, -0.1) is 15.3 Å². The second-order valence-corrected chi connectivity index (χ2v) is 25.0. The van der Waals surface area contributed by atoms with Crippen LogP contribution in [0.4, 0.5) is 0 Å². The Balaban J connectivity index is 1.37. The van der Waals surface area contributed by atoms with E-state index in [9.17, 15) is 28.8 Å². The maximum absolute atomic E-state index is 12.9. The highest BCUT2D eigenvalue weighted by Crippen LogP contribution is 2.22. The molecule has 0 unspecified atom stereocenters. The van der Waals surface area contributed by atoms with E-state index in [1.54, 1.807) is 33.9 Å². The summed E-state index contributed by atoms with van der Waals surface area (Å²) in [4.78, 5) is 78.1. The van der Waals surface area contributed by atoms with Crippen molar-refractivity contribution in [2.75, 3.05) is 143 Å². The summed E-state index contributed by atoms with van der Waals surface area (Å²) in [6.07, 6.45) is 7.93. The molecule has 7 N–H and O–H groups in total. The van der Waals surface area contributed by atoms with Crippen molar-refractivity contribution in [2.24, 2.45) is 21.7 Å². The third-order valence-corrected chi connectivity index (χ3v) is 13.7. The predicted molar refractivity (Wildman–Crippen MR) is 334 cm³/mol. The minimum absolute atomic E-state index is 0.131. The first-order chi connectivity index (χ1) is 41.3. The molecule has 3 heterocycles. The Bertz CT molecular complexity index is 2480. The lowest BCUT2D eigenvalue weighted by atomic mass is 9.93. The smallest absolute Gasteiger partial charge is 0.230 e. The van der Waals surface area contributed by atoms with E-state index in [4.69, 9.17) is 28.4 Å². The number of carbonyl (C=O) groups excluding carboxylic acids is 6. The number of aromatic nitrogens is 9. The van der Waals surface area contributed by atoms with Crippen molar-refractivity contribution in [3.8, 4) is 0 Å². The maximum Gasteiger partial charge on any atom is 0.230 e. The molecule has 0 saturated heterocycles. The van der Waals surface area contributed by atoms with E-state index >= 15 is 0 Å². The SMILES string of the molecule is CN(COCC(C)(C)CNC(=O)CCOCCN(CCOCCC(=O)NCC(C)(C)COCCNn1cc(CCC(=O)NS)nn1)CCOCCC(=O)NCC(C)(C)COCC(C)(C)Cn1cc(CCC(=O)NS)nn1)n1cc(CCC(=O)NS)nn1. The van der Waals surface area contributed by atoms with Gasteiger partial charge < -0.3 is 64.0 Å². The molecule has 0 aliphatic rings. The fourth-order valence-electron chi connectivity index (χ4n) is 7.81. The number of thiol groups is 3. The lowest BCUT2D eigenvalue weighted by molar-refractivity contribution is -0.123. The fourth-order valence-corrected chi connectivity index (χ4v) is 8.15. The van der Waals surface area contributed by atoms with Crippen LogP contribution in [0.2, 0.25) is 0 Å². The van der Waals surface area contributed by atoms with E-state index in [2.05, 4.69) is 124 Å². The van der Waals surface area contributed by atoms with Crippen LogP contribution in [0.15, 0.2) is 18.6 Å². The van der Waals surface area contributed by atoms with Crippen LogP contribution in [0.1, 0.15) is 111 Å². The average Bonchev–Trinajstić information content (AvgIpc) is 4.44. The zero-order chi connectivity index (χ0) is 64.1. The van der Waals surface area contributed by atoms with Crippen molar-refractivity contribution >= 4 is 73.9 Å². The molecule has 0 aliphatic carbocycles. The average molecular weight is 1290 g/mol. The van der Waals surface area contributed by atoms with Crippen molar-refractivity contribution in [3.05, 3.63) is 35.7 Å². The normalized spacial score (nSPS) is 12.1. The number of nitrogens with zero attached hydrogens (tertiary/aromatic N) is 11. The first-order valence-electron chi connectivity index (χ1n) is 29.2. The summed E-state index contributed by atoms with van der Waals surface area (Å²) in [5.74, 6) is -0.995. The first kappa shape index (κ1) is 75.9. The molecule has 3 rings (SSSR count). The van der Waals surface area contributed by atoms with Crippen LogP contribution in [0.3, 0.4) is 0 Å². The predicted octanol–water partition coefficient (Wildman–Crippen LogP) is 0.636. The molecule has 0 bridgehead atoms. The Labute approximate surface area is 528 Å². The zero-order valence-electron chi connectivity index (χ0n) is 52.4. The number of amides is 6. The molecular formula is C54H98N18O12S3. The summed E-state index contributed by atoms with van der Waals surface area (Å²) in [6, 6.07) is 0. The lowest BCUT2D eigenvalue weighted by Crippen LogP contribution is -2.39. The topological polar surface area (TPSA) is 341 Å². The van der Waals surface area contributed by atoms with Crippen molar-refractivity contribution in [1.82, 2.24) is 80.2 Å². The highest BCUT2D eigenvalue weighted by atomic mass is 32.1. The number of ether oxygens (including phenoxy) is 6. The van der Waals surface area contributed by atoms with E-state index in [-0.39, 0.29) is 122 Å². The quantitative estimate of drug-likeness (QED) is 0.0211. The Hall–Kier alpha value is -5.39. The molecule has 0 aromatic carbocycles. The van der Waals surface area contributed by atoms with Crippen molar-refractivity contribution < 1.29 is 57.2 Å². The van der Waals surface area contributed by atoms with E-state index in [1.807, 2.05) is 47.7 Å². The first-order valence-corrected chi connectivity index (χ1v) is 30.6. The van der Waals surface area contributed by atoms with Gasteiger partial charge in [-0.25, -0.2) is 0 Å². The summed E-state index contributed by atoms with van der Waals surface area (Å²) in [7, 11) is 1.80. The molecule has 0 fully saturated rings. The van der Waals surface area contributed by atoms with Crippen LogP contribution in [0.5, 0.6) is 0 Å². The standard InChI is InChI=1S/C54H98N18O12S3/c1-51(2,37-82-26-19-58-71-31-43(60-66-71)11-14-49(77)63-86)33-55-45(73)16-23-79-27-20-69(22-29-81-25-18-47(75)57-35-53(5,6)39-84-41-68(9)72-32-44(61-67-72)12-15-50(78)64-87)21-28-80-24-17-46(74)56-34-52(3,4)38-83-40-54(7,8)36-70-30-42(59-65-70)10-13-48(76)62-85/h30-32,58,85-87H,10-29,33-41H2,1-9H3,(H,55,73)(H,56,74)(H,57,75)(H,62,76)(H,63,77)(H,64,78). The number of carbonyl (C=O) groups is 6. The van der Waals surface area contributed by atoms with E-state index in [0.29, 0.717) is 136 Å². The van der Waals surface area contributed by atoms with Crippen molar-refractivity contribution in [1.29, 1.82) is 0 Å². The molecule has 0 spiro atoms. The highest BCUT2D eigenvalue weighted by Gasteiger charge is 2.26. The third kappa shape index (κ3) is 36.0. The largest absolute Gasteiger partial charge is 0.380 e. The number of nitrogens with one attached hydrogen (secondary N) is 7. The van der Waals surface area contributed by atoms with Crippen LogP contribution in [-0.4, -0.2) is 218 Å². The summed E-state index contributed by atoms with van der Waals surface area (Å²) >= 11 is 11.3. The molecule has 3 aromatic heterocycles. The van der Waals surface area contributed by atoms with E-state index in [1.165, 1.54) is 4.79 Å². The third-order valence-electron chi connectivity index (χ3n) is 12.9. The molecule has 0 radical (unpaired) electrons. The molecular weight excluding hydrogens is 1190 g/mol. The molecule has 30 nitrogen and oxygen atoms in total. The lowest BCUT2D eigenvalue weighted by Gasteiger charge is -2.29. The van der Waals surface area contributed by atoms with Gasteiger partial charge in [0.05, 0.1) is 109 Å². The van der Waals surface area contributed by atoms with Crippen molar-refractivity contribution in [2.45, 2.75) is 120 Å². The van der Waals surface area contributed by atoms with Gasteiger partial charge >= 0.3 is 0 Å². The van der Waals surface area contributed by atoms with Gasteiger partial charge in [0.1, 0.15) is 6.73 Å². The Morgan fingerprint density at radius 2 is 0.885 bits per heavy atom. The Kier molecular flexibility index (Phi) is 35.8. The molecule has 494 valence electrons. The molecule has 3 aromatic rings. The zero-order valence-corrected chi connectivity index (χ0v) is 55.1. The summed E-state index contributed by atoms with van der Waals surface area (Å²) in [5, 5.41) is 35.3. The van der Waals surface area contributed by atoms with Gasteiger partial charge in [-0.2, -0.15) is 9.58 Å². The molecule has 0 aliphatic heterocycles. The number of aryl methyl sites for hydroxylation is 3. The summed E-state index contributed by atoms with van der Waals surface area (Å²) in [5.41, 5.74) is 3.85. The summed E-state index contributed by atoms with van der Waals surface area (Å²) in [6.45, 7) is 24.1. The molecule has 0 saturated carbocycles. The fraction of sp³-hybridized carbons (Fsp3) is 0.778. The second kappa shape index (κ2) is 41.0. The number of hydrogen-bond donors (Lipinski definition) is 10. The van der Waals surface area contributed by atoms with Gasteiger partial charge in [0, 0.05) is 139 Å². The maximum atomic E-state index is 12.9. The van der Waals surface area contributed by atoms with Gasteiger partial charge in [0.15, 0.2) is 0 Å². The van der Waals surface area contributed by atoms with E-state index < -0.39 is 0 Å². The van der Waals surface area contributed by atoms with Crippen molar-refractivity contribution in [3.63, 3.8) is 0 Å². The van der Waals surface area contributed by atoms with Crippen LogP contribution in [0, 0.1) is 21.7 Å². The minimum Gasteiger partial charge on any atom is -0.380 e. The highest BCUT2D eigenvalue weighted by molar-refractivity contribution is 7.79. The summed E-state index contributed by atoms with van der Waals surface area (Å²) < 4.78 is 44.3. The monoisotopic (exact) mass is 1290 g/mol. The van der Waals surface area contributed by atoms with Crippen LogP contribution in [-0.2, 0) is 83.0 Å².